The molecule has 116 valence electrons. The van der Waals surface area contributed by atoms with Crippen molar-refractivity contribution in [2.75, 3.05) is 6.61 Å². The summed E-state index contributed by atoms with van der Waals surface area (Å²) >= 11 is 0. The number of carbonyl (C=O) groups excluding carboxylic acids is 1. The Morgan fingerprint density at radius 3 is 2.95 bits per heavy atom. The van der Waals surface area contributed by atoms with Crippen LogP contribution in [0.3, 0.4) is 0 Å². The van der Waals surface area contributed by atoms with Crippen molar-refractivity contribution < 1.29 is 13.9 Å². The van der Waals surface area contributed by atoms with E-state index in [2.05, 4.69) is 10.3 Å². The molecule has 0 saturated carbocycles. The Hall–Kier alpha value is -2.43. The van der Waals surface area contributed by atoms with Crippen molar-refractivity contribution in [2.45, 2.75) is 26.3 Å². The Kier molecular flexibility index (Phi) is 5.89. The summed E-state index contributed by atoms with van der Waals surface area (Å²) in [6.07, 6.45) is 2.48. The smallest absolute Gasteiger partial charge is 0.220 e. The SMILES string of the molecule is CCOc1ncccc1CNC(=O)CCc1cccc(F)c1. The molecule has 0 bridgehead atoms. The van der Waals surface area contributed by atoms with Crippen LogP contribution in [0.1, 0.15) is 24.5 Å². The van der Waals surface area contributed by atoms with E-state index in [4.69, 9.17) is 4.74 Å². The molecule has 0 spiro atoms. The van der Waals surface area contributed by atoms with Crippen LogP contribution in [0.5, 0.6) is 5.88 Å². The van der Waals surface area contributed by atoms with Gasteiger partial charge in [0.05, 0.1) is 6.61 Å². The molecular weight excluding hydrogens is 283 g/mol. The molecule has 0 radical (unpaired) electrons. The second-order valence-corrected chi connectivity index (χ2v) is 4.81. The molecule has 0 atom stereocenters. The summed E-state index contributed by atoms with van der Waals surface area (Å²) in [4.78, 5) is 16.0. The maximum atomic E-state index is 13.1. The van der Waals surface area contributed by atoms with Crippen LogP contribution in [-0.2, 0) is 17.8 Å². The number of ether oxygens (including phenoxy) is 1. The van der Waals surface area contributed by atoms with E-state index in [1.165, 1.54) is 12.1 Å². The molecule has 4 nitrogen and oxygen atoms in total. The summed E-state index contributed by atoms with van der Waals surface area (Å²) in [5, 5.41) is 2.83. The number of amides is 1. The van der Waals surface area contributed by atoms with Gasteiger partial charge in [0.15, 0.2) is 0 Å². The summed E-state index contributed by atoms with van der Waals surface area (Å²) in [6.45, 7) is 2.78. The minimum Gasteiger partial charge on any atom is -0.478 e. The molecular formula is C17H19FN2O2. The lowest BCUT2D eigenvalue weighted by Crippen LogP contribution is -2.23. The van der Waals surface area contributed by atoms with Gasteiger partial charge < -0.3 is 10.1 Å². The molecule has 1 amide bonds. The lowest BCUT2D eigenvalue weighted by molar-refractivity contribution is -0.121. The van der Waals surface area contributed by atoms with Gasteiger partial charge in [0.1, 0.15) is 5.82 Å². The highest BCUT2D eigenvalue weighted by molar-refractivity contribution is 5.76. The lowest BCUT2D eigenvalue weighted by Gasteiger charge is -2.09. The van der Waals surface area contributed by atoms with Crippen molar-refractivity contribution in [2.24, 2.45) is 0 Å². The first-order valence-electron chi connectivity index (χ1n) is 7.27. The molecule has 1 heterocycles. The van der Waals surface area contributed by atoms with Crippen LogP contribution in [0.25, 0.3) is 0 Å². The summed E-state index contributed by atoms with van der Waals surface area (Å²) in [5.74, 6) is 0.167. The van der Waals surface area contributed by atoms with Crippen LogP contribution < -0.4 is 10.1 Å². The van der Waals surface area contributed by atoms with Gasteiger partial charge in [0, 0.05) is 24.7 Å². The topological polar surface area (TPSA) is 51.2 Å². The summed E-state index contributed by atoms with van der Waals surface area (Å²) in [7, 11) is 0. The number of nitrogens with one attached hydrogen (secondary N) is 1. The highest BCUT2D eigenvalue weighted by Gasteiger charge is 2.07. The quantitative estimate of drug-likeness (QED) is 0.855. The second kappa shape index (κ2) is 8.12. The van der Waals surface area contributed by atoms with Crippen molar-refractivity contribution >= 4 is 5.91 Å². The maximum absolute atomic E-state index is 13.1. The fourth-order valence-corrected chi connectivity index (χ4v) is 2.06. The van der Waals surface area contributed by atoms with E-state index in [1.54, 1.807) is 18.3 Å². The molecule has 5 heteroatoms. The molecule has 1 N–H and O–H groups in total. The monoisotopic (exact) mass is 302 g/mol. The van der Waals surface area contributed by atoms with Crippen molar-refractivity contribution in [3.05, 3.63) is 59.5 Å². The zero-order valence-electron chi connectivity index (χ0n) is 12.5. The van der Waals surface area contributed by atoms with Crippen LogP contribution in [0.15, 0.2) is 42.6 Å². The fraction of sp³-hybridized carbons (Fsp3) is 0.294. The molecule has 1 aromatic carbocycles. The Labute approximate surface area is 129 Å². The van der Waals surface area contributed by atoms with Crippen LogP contribution >= 0.6 is 0 Å². The van der Waals surface area contributed by atoms with Gasteiger partial charge in [-0.3, -0.25) is 4.79 Å². The molecule has 0 fully saturated rings. The maximum Gasteiger partial charge on any atom is 0.220 e. The predicted molar refractivity (Wildman–Crippen MR) is 82.0 cm³/mol. The Balaban J connectivity index is 1.83. The van der Waals surface area contributed by atoms with Crippen LogP contribution in [0, 0.1) is 5.82 Å². The lowest BCUT2D eigenvalue weighted by atomic mass is 10.1. The van der Waals surface area contributed by atoms with Crippen LogP contribution in [0.2, 0.25) is 0 Å². The average molecular weight is 302 g/mol. The Morgan fingerprint density at radius 2 is 2.18 bits per heavy atom. The molecule has 2 aromatic rings. The van der Waals surface area contributed by atoms with Crippen molar-refractivity contribution in [1.82, 2.24) is 10.3 Å². The first-order valence-corrected chi connectivity index (χ1v) is 7.27. The molecule has 0 unspecified atom stereocenters. The summed E-state index contributed by atoms with van der Waals surface area (Å²) in [6, 6.07) is 9.96. The highest BCUT2D eigenvalue weighted by Crippen LogP contribution is 2.14. The van der Waals surface area contributed by atoms with Crippen molar-refractivity contribution in [3.63, 3.8) is 0 Å². The van der Waals surface area contributed by atoms with Gasteiger partial charge in [0.25, 0.3) is 0 Å². The van der Waals surface area contributed by atoms with Crippen LogP contribution in [-0.4, -0.2) is 17.5 Å². The van der Waals surface area contributed by atoms with Crippen LogP contribution in [0.4, 0.5) is 4.39 Å². The molecule has 22 heavy (non-hydrogen) atoms. The van der Waals surface area contributed by atoms with E-state index in [0.29, 0.717) is 31.9 Å². The zero-order chi connectivity index (χ0) is 15.8. The number of halogens is 1. The minimum atomic E-state index is -0.283. The van der Waals surface area contributed by atoms with Gasteiger partial charge in [-0.25, -0.2) is 9.37 Å². The molecule has 0 saturated heterocycles. The van der Waals surface area contributed by atoms with E-state index in [1.807, 2.05) is 19.1 Å². The predicted octanol–water partition coefficient (Wildman–Crippen LogP) is 2.87. The summed E-state index contributed by atoms with van der Waals surface area (Å²) in [5.41, 5.74) is 1.65. The minimum absolute atomic E-state index is 0.0874. The summed E-state index contributed by atoms with van der Waals surface area (Å²) < 4.78 is 18.5. The second-order valence-electron chi connectivity index (χ2n) is 4.81. The highest BCUT2D eigenvalue weighted by atomic mass is 19.1. The molecule has 2 rings (SSSR count). The van der Waals surface area contributed by atoms with Gasteiger partial charge in [-0.2, -0.15) is 0 Å². The van der Waals surface area contributed by atoms with E-state index < -0.39 is 0 Å². The normalized spacial score (nSPS) is 10.3. The van der Waals surface area contributed by atoms with E-state index in [-0.39, 0.29) is 11.7 Å². The average Bonchev–Trinajstić information content (AvgIpc) is 2.52. The third-order valence-corrected chi connectivity index (χ3v) is 3.14. The van der Waals surface area contributed by atoms with Gasteiger partial charge in [-0.1, -0.05) is 18.2 Å². The molecule has 0 aliphatic carbocycles. The van der Waals surface area contributed by atoms with E-state index >= 15 is 0 Å². The number of nitrogens with zero attached hydrogens (tertiary/aromatic N) is 1. The van der Waals surface area contributed by atoms with E-state index in [0.717, 1.165) is 11.1 Å². The first kappa shape index (κ1) is 15.9. The number of carbonyl (C=O) groups is 1. The third kappa shape index (κ3) is 4.84. The first-order chi connectivity index (χ1) is 10.7. The number of aromatic nitrogens is 1. The molecule has 1 aromatic heterocycles. The Bertz CT molecular complexity index is 632. The largest absolute Gasteiger partial charge is 0.478 e. The van der Waals surface area contributed by atoms with Crippen molar-refractivity contribution in [3.8, 4) is 5.88 Å². The number of benzene rings is 1. The van der Waals surface area contributed by atoms with Crippen molar-refractivity contribution in [1.29, 1.82) is 0 Å². The van der Waals surface area contributed by atoms with Gasteiger partial charge in [0.2, 0.25) is 11.8 Å². The standard InChI is InChI=1S/C17H19FN2O2/c1-2-22-17-14(6-4-10-19-17)12-20-16(21)9-8-13-5-3-7-15(18)11-13/h3-7,10-11H,2,8-9,12H2,1H3,(H,20,21). The number of aryl methyl sites for hydroxylation is 1. The van der Waals surface area contributed by atoms with E-state index in [9.17, 15) is 9.18 Å². The fourth-order valence-electron chi connectivity index (χ4n) is 2.06. The zero-order valence-corrected chi connectivity index (χ0v) is 12.5. The number of pyridine rings is 1. The molecule has 0 aliphatic heterocycles. The number of hydrogen-bond donors (Lipinski definition) is 1. The van der Waals surface area contributed by atoms with Gasteiger partial charge >= 0.3 is 0 Å². The number of rotatable bonds is 7. The Morgan fingerprint density at radius 1 is 1.32 bits per heavy atom. The molecule has 0 aliphatic rings. The van der Waals surface area contributed by atoms with Gasteiger partial charge in [-0.05, 0) is 37.1 Å². The third-order valence-electron chi connectivity index (χ3n) is 3.14. The van der Waals surface area contributed by atoms with Gasteiger partial charge in [-0.15, -0.1) is 0 Å². The number of hydrogen-bond acceptors (Lipinski definition) is 3.